The van der Waals surface area contributed by atoms with Gasteiger partial charge in [0.15, 0.2) is 11.3 Å². The van der Waals surface area contributed by atoms with E-state index < -0.39 is 11.8 Å². The van der Waals surface area contributed by atoms with E-state index in [0.717, 1.165) is 0 Å². The second-order valence-corrected chi connectivity index (χ2v) is 4.70. The Kier molecular flexibility index (Phi) is 3.27. The van der Waals surface area contributed by atoms with Crippen LogP contribution in [0, 0.1) is 5.82 Å². The van der Waals surface area contributed by atoms with Crippen LogP contribution in [0.3, 0.4) is 0 Å². The number of furan rings is 1. The standard InChI is InChI=1S/C15H8ClFO4/c16-12-7-10(1-2-11(12)15(18)19)21-13-6-9(17)5-8-3-4-20-14(8)13/h1-7H,(H,18,19). The molecule has 1 N–H and O–H groups in total. The van der Waals surface area contributed by atoms with Crippen molar-refractivity contribution in [3.63, 3.8) is 0 Å². The number of hydrogen-bond donors (Lipinski definition) is 1. The number of carbonyl (C=O) groups is 1. The molecule has 0 aliphatic heterocycles. The van der Waals surface area contributed by atoms with Gasteiger partial charge in [-0.05, 0) is 24.3 Å². The summed E-state index contributed by atoms with van der Waals surface area (Å²) in [5.41, 5.74) is 0.362. The van der Waals surface area contributed by atoms with E-state index in [1.807, 2.05) is 0 Å². The summed E-state index contributed by atoms with van der Waals surface area (Å²) in [6.45, 7) is 0. The molecule has 0 saturated heterocycles. The Morgan fingerprint density at radius 2 is 2.05 bits per heavy atom. The number of aromatic carboxylic acids is 1. The largest absolute Gasteiger partial charge is 0.478 e. The van der Waals surface area contributed by atoms with Gasteiger partial charge in [-0.3, -0.25) is 0 Å². The molecule has 2 aromatic carbocycles. The minimum absolute atomic E-state index is 0.0343. The lowest BCUT2D eigenvalue weighted by atomic mass is 10.2. The highest BCUT2D eigenvalue weighted by Gasteiger charge is 2.13. The van der Waals surface area contributed by atoms with Crippen molar-refractivity contribution in [3.05, 3.63) is 59.1 Å². The first-order valence-corrected chi connectivity index (χ1v) is 6.30. The second-order valence-electron chi connectivity index (χ2n) is 4.29. The zero-order chi connectivity index (χ0) is 15.0. The maximum Gasteiger partial charge on any atom is 0.337 e. The Hall–Kier alpha value is -2.53. The zero-order valence-electron chi connectivity index (χ0n) is 10.5. The Morgan fingerprint density at radius 1 is 1.24 bits per heavy atom. The highest BCUT2D eigenvalue weighted by molar-refractivity contribution is 6.33. The maximum absolute atomic E-state index is 13.5. The summed E-state index contributed by atoms with van der Waals surface area (Å²) >= 11 is 5.86. The minimum atomic E-state index is -1.13. The molecule has 0 fully saturated rings. The predicted molar refractivity (Wildman–Crippen MR) is 74.7 cm³/mol. The predicted octanol–water partition coefficient (Wildman–Crippen LogP) is 4.72. The lowest BCUT2D eigenvalue weighted by Crippen LogP contribution is -1.97. The third-order valence-corrected chi connectivity index (χ3v) is 3.19. The minimum Gasteiger partial charge on any atom is -0.478 e. The molecule has 0 amide bonds. The fourth-order valence-electron chi connectivity index (χ4n) is 1.95. The van der Waals surface area contributed by atoms with Crippen molar-refractivity contribution in [1.82, 2.24) is 0 Å². The number of rotatable bonds is 3. The number of ether oxygens (including phenoxy) is 1. The Labute approximate surface area is 123 Å². The molecule has 0 aliphatic rings. The van der Waals surface area contributed by atoms with Gasteiger partial charge in [-0.1, -0.05) is 11.6 Å². The molecule has 1 heterocycles. The molecule has 4 nitrogen and oxygen atoms in total. The first kappa shape index (κ1) is 13.5. The van der Waals surface area contributed by atoms with Crippen LogP contribution in [0.2, 0.25) is 5.02 Å². The Morgan fingerprint density at radius 3 is 2.76 bits per heavy atom. The molecular formula is C15H8ClFO4. The van der Waals surface area contributed by atoms with Crippen molar-refractivity contribution >= 4 is 28.5 Å². The third kappa shape index (κ3) is 2.55. The SMILES string of the molecule is O=C(O)c1ccc(Oc2cc(F)cc3ccoc23)cc1Cl. The summed E-state index contributed by atoms with van der Waals surface area (Å²) < 4.78 is 24.3. The molecule has 21 heavy (non-hydrogen) atoms. The molecule has 0 atom stereocenters. The van der Waals surface area contributed by atoms with Crippen LogP contribution in [0.15, 0.2) is 47.1 Å². The van der Waals surface area contributed by atoms with Crippen LogP contribution < -0.4 is 4.74 Å². The third-order valence-electron chi connectivity index (χ3n) is 2.88. The molecule has 6 heteroatoms. The quantitative estimate of drug-likeness (QED) is 0.761. The van der Waals surface area contributed by atoms with Gasteiger partial charge in [-0.15, -0.1) is 0 Å². The fraction of sp³-hybridized carbons (Fsp3) is 0. The van der Waals surface area contributed by atoms with Crippen molar-refractivity contribution in [1.29, 1.82) is 0 Å². The summed E-state index contributed by atoms with van der Waals surface area (Å²) in [5, 5.41) is 9.51. The average molecular weight is 307 g/mol. The van der Waals surface area contributed by atoms with E-state index >= 15 is 0 Å². The fourth-order valence-corrected chi connectivity index (χ4v) is 2.20. The number of hydrogen-bond acceptors (Lipinski definition) is 3. The van der Waals surface area contributed by atoms with Crippen LogP contribution in [-0.2, 0) is 0 Å². The topological polar surface area (TPSA) is 59.7 Å². The summed E-state index contributed by atoms with van der Waals surface area (Å²) in [5.74, 6) is -1.12. The normalized spacial score (nSPS) is 10.8. The maximum atomic E-state index is 13.5. The van der Waals surface area contributed by atoms with Crippen molar-refractivity contribution in [3.8, 4) is 11.5 Å². The summed E-state index contributed by atoms with van der Waals surface area (Å²) in [7, 11) is 0. The van der Waals surface area contributed by atoms with Crippen molar-refractivity contribution < 1.29 is 23.4 Å². The smallest absolute Gasteiger partial charge is 0.337 e. The lowest BCUT2D eigenvalue weighted by Gasteiger charge is -2.08. The molecule has 0 spiro atoms. The first-order chi connectivity index (χ1) is 10.0. The highest BCUT2D eigenvalue weighted by atomic mass is 35.5. The Balaban J connectivity index is 2.00. The van der Waals surface area contributed by atoms with Crippen molar-refractivity contribution in [2.24, 2.45) is 0 Å². The number of carboxylic acid groups (broad SMARTS) is 1. The monoisotopic (exact) mass is 306 g/mol. The van der Waals surface area contributed by atoms with E-state index in [-0.39, 0.29) is 22.1 Å². The van der Waals surface area contributed by atoms with E-state index in [1.165, 1.54) is 36.6 Å². The molecule has 0 aliphatic carbocycles. The van der Waals surface area contributed by atoms with Gasteiger partial charge in [-0.2, -0.15) is 0 Å². The van der Waals surface area contributed by atoms with E-state index in [0.29, 0.717) is 11.0 Å². The molecule has 0 unspecified atom stereocenters. The molecule has 106 valence electrons. The Bertz CT molecular complexity index is 841. The summed E-state index contributed by atoms with van der Waals surface area (Å²) in [6, 6.07) is 8.24. The van der Waals surface area contributed by atoms with Gasteiger partial charge in [-0.25, -0.2) is 9.18 Å². The average Bonchev–Trinajstić information content (AvgIpc) is 2.86. The highest BCUT2D eigenvalue weighted by Crippen LogP contribution is 2.33. The van der Waals surface area contributed by atoms with E-state index in [9.17, 15) is 9.18 Å². The molecule has 3 rings (SSSR count). The van der Waals surface area contributed by atoms with E-state index in [2.05, 4.69) is 0 Å². The van der Waals surface area contributed by atoms with E-state index in [1.54, 1.807) is 6.07 Å². The molecule has 0 radical (unpaired) electrons. The van der Waals surface area contributed by atoms with Gasteiger partial charge in [0.05, 0.1) is 16.8 Å². The van der Waals surface area contributed by atoms with Crippen LogP contribution in [0.1, 0.15) is 10.4 Å². The van der Waals surface area contributed by atoms with Gasteiger partial charge >= 0.3 is 5.97 Å². The van der Waals surface area contributed by atoms with Crippen LogP contribution in [0.4, 0.5) is 4.39 Å². The van der Waals surface area contributed by atoms with Gasteiger partial charge in [0, 0.05) is 17.5 Å². The van der Waals surface area contributed by atoms with Crippen LogP contribution in [0.25, 0.3) is 11.0 Å². The van der Waals surface area contributed by atoms with Gasteiger partial charge in [0.2, 0.25) is 0 Å². The molecule has 0 bridgehead atoms. The van der Waals surface area contributed by atoms with Crippen LogP contribution in [-0.4, -0.2) is 11.1 Å². The second kappa shape index (κ2) is 5.10. The summed E-state index contributed by atoms with van der Waals surface area (Å²) in [4.78, 5) is 10.9. The number of benzene rings is 2. The van der Waals surface area contributed by atoms with Gasteiger partial charge < -0.3 is 14.3 Å². The summed E-state index contributed by atoms with van der Waals surface area (Å²) in [6.07, 6.45) is 1.43. The number of carboxylic acids is 1. The molecule has 0 saturated carbocycles. The van der Waals surface area contributed by atoms with Gasteiger partial charge in [0.25, 0.3) is 0 Å². The zero-order valence-corrected chi connectivity index (χ0v) is 11.2. The number of fused-ring (bicyclic) bond motifs is 1. The molecular weight excluding hydrogens is 299 g/mol. The molecule has 3 aromatic rings. The van der Waals surface area contributed by atoms with Crippen molar-refractivity contribution in [2.45, 2.75) is 0 Å². The van der Waals surface area contributed by atoms with E-state index in [4.69, 9.17) is 25.9 Å². The van der Waals surface area contributed by atoms with Crippen LogP contribution in [0.5, 0.6) is 11.5 Å². The molecule has 1 aromatic heterocycles. The van der Waals surface area contributed by atoms with Crippen molar-refractivity contribution in [2.75, 3.05) is 0 Å². The van der Waals surface area contributed by atoms with Gasteiger partial charge in [0.1, 0.15) is 11.6 Å². The van der Waals surface area contributed by atoms with Crippen LogP contribution >= 0.6 is 11.6 Å². The number of halogens is 2. The lowest BCUT2D eigenvalue weighted by molar-refractivity contribution is 0.0697. The first-order valence-electron chi connectivity index (χ1n) is 5.92.